The maximum atomic E-state index is 5.80. The van der Waals surface area contributed by atoms with E-state index < -0.39 is 0 Å². The summed E-state index contributed by atoms with van der Waals surface area (Å²) >= 11 is 0. The van der Waals surface area contributed by atoms with Crippen LogP contribution in [0.25, 0.3) is 0 Å². The zero-order valence-corrected chi connectivity index (χ0v) is 10.8. The topological polar surface area (TPSA) is 38.0 Å². The summed E-state index contributed by atoms with van der Waals surface area (Å²) in [6.07, 6.45) is 10.0. The van der Waals surface area contributed by atoms with Crippen LogP contribution in [0.3, 0.4) is 0 Å². The Labute approximate surface area is 99.3 Å². The molecule has 0 aliphatic heterocycles. The summed E-state index contributed by atoms with van der Waals surface area (Å²) in [7, 11) is 0. The maximum absolute atomic E-state index is 5.80. The lowest BCUT2D eigenvalue weighted by atomic mass is 9.43. The van der Waals surface area contributed by atoms with E-state index in [0.29, 0.717) is 16.9 Å². The van der Waals surface area contributed by atoms with Crippen LogP contribution in [0.5, 0.6) is 0 Å². The van der Waals surface area contributed by atoms with E-state index in [9.17, 15) is 0 Å². The zero-order chi connectivity index (χ0) is 11.4. The van der Waals surface area contributed by atoms with Crippen molar-refractivity contribution in [2.75, 3.05) is 0 Å². The summed E-state index contributed by atoms with van der Waals surface area (Å²) in [6.45, 7) is 4.81. The average molecular weight is 222 g/mol. The van der Waals surface area contributed by atoms with Crippen LogP contribution in [0.2, 0.25) is 0 Å². The standard InChI is InChI=1S/C14H26N2/c1-3-12(16-15)14-7-10-4-11(8-14)6-13(2,5-10)9-14/h10-12,16H,3-9,15H2,1-2H3. The number of hydrazine groups is 1. The van der Waals surface area contributed by atoms with E-state index in [1.54, 1.807) is 0 Å². The minimum absolute atomic E-state index is 0.544. The van der Waals surface area contributed by atoms with Crippen LogP contribution in [-0.2, 0) is 0 Å². The van der Waals surface area contributed by atoms with Gasteiger partial charge in [-0.2, -0.15) is 0 Å². The van der Waals surface area contributed by atoms with E-state index in [1.807, 2.05) is 0 Å². The molecule has 3 N–H and O–H groups in total. The maximum Gasteiger partial charge on any atom is 0.0264 e. The molecule has 0 spiro atoms. The number of hydrogen-bond acceptors (Lipinski definition) is 2. The van der Waals surface area contributed by atoms with Gasteiger partial charge in [-0.25, -0.2) is 0 Å². The van der Waals surface area contributed by atoms with Gasteiger partial charge in [-0.05, 0) is 67.6 Å². The monoisotopic (exact) mass is 222 g/mol. The van der Waals surface area contributed by atoms with Crippen LogP contribution in [-0.4, -0.2) is 6.04 Å². The first-order valence-electron chi connectivity index (χ1n) is 7.05. The molecule has 0 aromatic rings. The van der Waals surface area contributed by atoms with Gasteiger partial charge in [0, 0.05) is 6.04 Å². The Morgan fingerprint density at radius 3 is 2.31 bits per heavy atom. The minimum Gasteiger partial charge on any atom is -0.271 e. The highest BCUT2D eigenvalue weighted by Gasteiger charge is 2.57. The Kier molecular flexibility index (Phi) is 2.38. The lowest BCUT2D eigenvalue weighted by Gasteiger charge is -2.63. The van der Waals surface area contributed by atoms with Crippen molar-refractivity contribution in [3.05, 3.63) is 0 Å². The molecule has 3 unspecified atom stereocenters. The molecule has 16 heavy (non-hydrogen) atoms. The van der Waals surface area contributed by atoms with Crippen LogP contribution in [0.4, 0.5) is 0 Å². The highest BCUT2D eigenvalue weighted by Crippen LogP contribution is 2.66. The molecule has 0 heterocycles. The molecule has 0 saturated heterocycles. The number of nitrogens with two attached hydrogens (primary N) is 1. The van der Waals surface area contributed by atoms with Crippen LogP contribution in [0.1, 0.15) is 58.8 Å². The zero-order valence-electron chi connectivity index (χ0n) is 10.8. The normalized spacial score (nSPS) is 51.9. The van der Waals surface area contributed by atoms with Crippen LogP contribution < -0.4 is 11.3 Å². The smallest absolute Gasteiger partial charge is 0.0264 e. The molecule has 92 valence electrons. The summed E-state index contributed by atoms with van der Waals surface area (Å²) in [4.78, 5) is 0. The Balaban J connectivity index is 1.91. The molecule has 4 aliphatic carbocycles. The summed E-state index contributed by atoms with van der Waals surface area (Å²) in [5.74, 6) is 7.81. The second-order valence-electron chi connectivity index (χ2n) is 7.26. The number of nitrogens with one attached hydrogen (secondary N) is 1. The largest absolute Gasteiger partial charge is 0.271 e. The summed E-state index contributed by atoms with van der Waals surface area (Å²) < 4.78 is 0. The summed E-state index contributed by atoms with van der Waals surface area (Å²) in [6, 6.07) is 0.553. The number of hydrogen-bond donors (Lipinski definition) is 2. The fourth-order valence-electron chi connectivity index (χ4n) is 5.93. The van der Waals surface area contributed by atoms with Gasteiger partial charge in [0.15, 0.2) is 0 Å². The number of rotatable bonds is 3. The van der Waals surface area contributed by atoms with E-state index in [1.165, 1.54) is 44.9 Å². The molecule has 4 bridgehead atoms. The van der Waals surface area contributed by atoms with Crippen molar-refractivity contribution in [1.29, 1.82) is 0 Å². The Hall–Kier alpha value is -0.0800. The third-order valence-electron chi connectivity index (χ3n) is 5.75. The summed E-state index contributed by atoms with van der Waals surface area (Å²) in [5.41, 5.74) is 4.32. The van der Waals surface area contributed by atoms with Gasteiger partial charge in [-0.3, -0.25) is 11.3 Å². The van der Waals surface area contributed by atoms with E-state index >= 15 is 0 Å². The van der Waals surface area contributed by atoms with Crippen LogP contribution >= 0.6 is 0 Å². The molecule has 4 aliphatic rings. The average Bonchev–Trinajstić information content (AvgIpc) is 2.14. The SMILES string of the molecule is CCC(NN)C12CC3CC(CC(C)(C3)C1)C2. The molecule has 0 aromatic carbocycles. The lowest BCUT2D eigenvalue weighted by molar-refractivity contribution is -0.118. The third kappa shape index (κ3) is 1.46. The predicted molar refractivity (Wildman–Crippen MR) is 66.6 cm³/mol. The molecule has 0 radical (unpaired) electrons. The van der Waals surface area contributed by atoms with E-state index in [4.69, 9.17) is 5.84 Å². The molecule has 4 fully saturated rings. The van der Waals surface area contributed by atoms with Gasteiger partial charge in [0.05, 0.1) is 0 Å². The first-order chi connectivity index (χ1) is 7.59. The van der Waals surface area contributed by atoms with Crippen molar-refractivity contribution in [2.24, 2.45) is 28.5 Å². The van der Waals surface area contributed by atoms with Gasteiger partial charge in [0.25, 0.3) is 0 Å². The molecular weight excluding hydrogens is 196 g/mol. The Morgan fingerprint density at radius 1 is 1.25 bits per heavy atom. The molecule has 0 amide bonds. The molecule has 4 saturated carbocycles. The molecule has 4 rings (SSSR count). The van der Waals surface area contributed by atoms with Gasteiger partial charge in [-0.15, -0.1) is 0 Å². The van der Waals surface area contributed by atoms with Crippen molar-refractivity contribution < 1.29 is 0 Å². The summed E-state index contributed by atoms with van der Waals surface area (Å²) in [5, 5.41) is 0. The van der Waals surface area contributed by atoms with Gasteiger partial charge >= 0.3 is 0 Å². The van der Waals surface area contributed by atoms with Gasteiger partial charge in [0.2, 0.25) is 0 Å². The fraction of sp³-hybridized carbons (Fsp3) is 1.00. The molecular formula is C14H26N2. The van der Waals surface area contributed by atoms with Gasteiger partial charge in [-0.1, -0.05) is 13.8 Å². The molecule has 2 nitrogen and oxygen atoms in total. The third-order valence-corrected chi connectivity index (χ3v) is 5.75. The fourth-order valence-corrected chi connectivity index (χ4v) is 5.93. The molecule has 0 aromatic heterocycles. The van der Waals surface area contributed by atoms with Crippen molar-refractivity contribution >= 4 is 0 Å². The quantitative estimate of drug-likeness (QED) is 0.569. The second kappa shape index (κ2) is 3.46. The van der Waals surface area contributed by atoms with Crippen molar-refractivity contribution in [1.82, 2.24) is 5.43 Å². The lowest BCUT2D eigenvalue weighted by Crippen LogP contribution is -2.59. The first kappa shape index (κ1) is 11.0. The van der Waals surface area contributed by atoms with Gasteiger partial charge < -0.3 is 0 Å². The Bertz CT molecular complexity index is 268. The van der Waals surface area contributed by atoms with Crippen LogP contribution in [0.15, 0.2) is 0 Å². The van der Waals surface area contributed by atoms with E-state index in [-0.39, 0.29) is 0 Å². The Morgan fingerprint density at radius 2 is 1.88 bits per heavy atom. The predicted octanol–water partition coefficient (Wildman–Crippen LogP) is 2.83. The van der Waals surface area contributed by atoms with E-state index in [2.05, 4.69) is 19.3 Å². The highest BCUT2D eigenvalue weighted by molar-refractivity contribution is 5.09. The van der Waals surface area contributed by atoms with Crippen LogP contribution in [0, 0.1) is 22.7 Å². The van der Waals surface area contributed by atoms with Gasteiger partial charge in [0.1, 0.15) is 0 Å². The molecule has 3 atom stereocenters. The van der Waals surface area contributed by atoms with Crippen molar-refractivity contribution in [3.63, 3.8) is 0 Å². The highest BCUT2D eigenvalue weighted by atomic mass is 15.2. The first-order valence-corrected chi connectivity index (χ1v) is 7.05. The van der Waals surface area contributed by atoms with Crippen molar-refractivity contribution in [2.45, 2.75) is 64.8 Å². The van der Waals surface area contributed by atoms with Crippen molar-refractivity contribution in [3.8, 4) is 0 Å². The van der Waals surface area contributed by atoms with E-state index in [0.717, 1.165) is 11.8 Å². The molecule has 2 heteroatoms. The minimum atomic E-state index is 0.544. The second-order valence-corrected chi connectivity index (χ2v) is 7.26.